The molecule has 0 atom stereocenters. The van der Waals surface area contributed by atoms with E-state index in [-0.39, 0.29) is 18.6 Å². The van der Waals surface area contributed by atoms with E-state index in [2.05, 4.69) is 10.5 Å². The monoisotopic (exact) mass is 264 g/mol. The van der Waals surface area contributed by atoms with Gasteiger partial charge in [-0.1, -0.05) is 11.2 Å². The lowest BCUT2D eigenvalue weighted by Gasteiger charge is -2.13. The quantitative estimate of drug-likeness (QED) is 0.486. The van der Waals surface area contributed by atoms with Crippen LogP contribution in [-0.4, -0.2) is 29.5 Å². The largest absolute Gasteiger partial charge is 0.483 e. The predicted molar refractivity (Wildman–Crippen MR) is 74.0 cm³/mol. The van der Waals surface area contributed by atoms with Crippen molar-refractivity contribution in [3.05, 3.63) is 29.3 Å². The summed E-state index contributed by atoms with van der Waals surface area (Å²) in [6.07, 6.45) is 0. The van der Waals surface area contributed by atoms with Crippen LogP contribution in [0.2, 0.25) is 0 Å². The Hall–Kier alpha value is -2.04. The van der Waals surface area contributed by atoms with Gasteiger partial charge >= 0.3 is 0 Å². The number of nitrogens with zero attached hydrogens (tertiary/aromatic N) is 1. The van der Waals surface area contributed by atoms with Gasteiger partial charge in [0.25, 0.3) is 5.91 Å². The van der Waals surface area contributed by atoms with Crippen LogP contribution in [0.15, 0.2) is 23.4 Å². The van der Waals surface area contributed by atoms with Crippen molar-refractivity contribution in [1.29, 1.82) is 0 Å². The first-order valence-electron chi connectivity index (χ1n) is 6.16. The summed E-state index contributed by atoms with van der Waals surface area (Å²) >= 11 is 0. The normalized spacial score (nSPS) is 11.5. The highest BCUT2D eigenvalue weighted by atomic mass is 16.5. The van der Waals surface area contributed by atoms with Crippen LogP contribution in [-0.2, 0) is 4.79 Å². The fourth-order valence-corrected chi connectivity index (χ4v) is 1.61. The third-order valence-corrected chi connectivity index (χ3v) is 2.49. The summed E-state index contributed by atoms with van der Waals surface area (Å²) in [5.74, 6) is 0.357. The number of hydrogen-bond acceptors (Lipinski definition) is 4. The number of carbonyl (C=O) groups is 1. The summed E-state index contributed by atoms with van der Waals surface area (Å²) in [4.78, 5) is 11.5. The molecule has 104 valence electrons. The highest BCUT2D eigenvalue weighted by Crippen LogP contribution is 2.21. The zero-order valence-corrected chi connectivity index (χ0v) is 11.7. The van der Waals surface area contributed by atoms with Gasteiger partial charge in [0.05, 0.1) is 5.71 Å². The molecule has 0 saturated heterocycles. The Morgan fingerprint density at radius 3 is 2.74 bits per heavy atom. The van der Waals surface area contributed by atoms with Crippen LogP contribution in [0.25, 0.3) is 0 Å². The molecule has 0 unspecified atom stereocenters. The van der Waals surface area contributed by atoms with Gasteiger partial charge in [0, 0.05) is 11.6 Å². The molecule has 1 aromatic carbocycles. The molecule has 0 heterocycles. The zero-order chi connectivity index (χ0) is 14.4. The topological polar surface area (TPSA) is 70.9 Å². The molecule has 0 radical (unpaired) electrons. The molecule has 0 aromatic heterocycles. The van der Waals surface area contributed by atoms with Crippen LogP contribution in [0.4, 0.5) is 0 Å². The van der Waals surface area contributed by atoms with E-state index in [9.17, 15) is 4.79 Å². The van der Waals surface area contributed by atoms with Gasteiger partial charge in [-0.2, -0.15) is 0 Å². The van der Waals surface area contributed by atoms with Crippen molar-refractivity contribution < 1.29 is 14.7 Å². The molecule has 2 N–H and O–H groups in total. The maximum absolute atomic E-state index is 11.5. The lowest BCUT2D eigenvalue weighted by atomic mass is 10.1. The molecule has 0 spiro atoms. The Kier molecular flexibility index (Phi) is 5.36. The minimum absolute atomic E-state index is 0.0622. The van der Waals surface area contributed by atoms with Crippen LogP contribution in [0.1, 0.15) is 31.9 Å². The third kappa shape index (κ3) is 4.62. The van der Waals surface area contributed by atoms with E-state index in [1.807, 2.05) is 32.9 Å². The first-order chi connectivity index (χ1) is 8.93. The Bertz CT molecular complexity index is 482. The molecule has 0 fully saturated rings. The van der Waals surface area contributed by atoms with E-state index in [0.29, 0.717) is 17.0 Å². The lowest BCUT2D eigenvalue weighted by Crippen LogP contribution is -2.34. The molecule has 1 rings (SSSR count). The molecule has 0 aliphatic carbocycles. The number of amides is 1. The first-order valence-corrected chi connectivity index (χ1v) is 6.16. The standard InChI is InChI=1S/C14H20N2O3/c1-9(2)15-14(17)8-19-13-7-10(3)5-6-12(13)11(4)16-18/h5-7,9,18H,8H2,1-4H3,(H,15,17)/b16-11+. The van der Waals surface area contributed by atoms with Gasteiger partial charge < -0.3 is 15.3 Å². The summed E-state index contributed by atoms with van der Waals surface area (Å²) in [6.45, 7) is 7.31. The lowest BCUT2D eigenvalue weighted by molar-refractivity contribution is -0.123. The highest BCUT2D eigenvalue weighted by Gasteiger charge is 2.10. The fraction of sp³-hybridized carbons (Fsp3) is 0.429. The molecule has 0 aliphatic heterocycles. The van der Waals surface area contributed by atoms with Gasteiger partial charge in [-0.25, -0.2) is 0 Å². The van der Waals surface area contributed by atoms with Gasteiger partial charge in [0.1, 0.15) is 5.75 Å². The molecule has 0 saturated carbocycles. The smallest absolute Gasteiger partial charge is 0.258 e. The van der Waals surface area contributed by atoms with Crippen LogP contribution in [0, 0.1) is 6.92 Å². The molecular weight excluding hydrogens is 244 g/mol. The van der Waals surface area contributed by atoms with Crippen LogP contribution < -0.4 is 10.1 Å². The Morgan fingerprint density at radius 2 is 2.16 bits per heavy atom. The van der Waals surface area contributed by atoms with Crippen LogP contribution >= 0.6 is 0 Å². The number of rotatable bonds is 5. The van der Waals surface area contributed by atoms with E-state index < -0.39 is 0 Å². The first kappa shape index (κ1) is 15.0. The molecule has 0 aliphatic rings. The number of oxime groups is 1. The van der Waals surface area contributed by atoms with E-state index in [1.54, 1.807) is 13.0 Å². The van der Waals surface area contributed by atoms with Crippen molar-refractivity contribution in [3.63, 3.8) is 0 Å². The van der Waals surface area contributed by atoms with E-state index >= 15 is 0 Å². The number of aryl methyl sites for hydroxylation is 1. The molecule has 5 heteroatoms. The van der Waals surface area contributed by atoms with Crippen molar-refractivity contribution in [1.82, 2.24) is 5.32 Å². The number of carbonyl (C=O) groups excluding carboxylic acids is 1. The maximum Gasteiger partial charge on any atom is 0.258 e. The Labute approximate surface area is 113 Å². The molecule has 1 amide bonds. The fourth-order valence-electron chi connectivity index (χ4n) is 1.61. The average Bonchev–Trinajstić information content (AvgIpc) is 2.34. The minimum Gasteiger partial charge on any atom is -0.483 e. The zero-order valence-electron chi connectivity index (χ0n) is 11.7. The Balaban J connectivity index is 2.82. The molecule has 0 bridgehead atoms. The average molecular weight is 264 g/mol. The number of benzene rings is 1. The summed E-state index contributed by atoms with van der Waals surface area (Å²) in [7, 11) is 0. The van der Waals surface area contributed by atoms with Gasteiger partial charge in [-0.05, 0) is 45.4 Å². The SMILES string of the molecule is C/C(=N\O)c1ccc(C)cc1OCC(=O)NC(C)C. The van der Waals surface area contributed by atoms with E-state index in [0.717, 1.165) is 5.56 Å². The van der Waals surface area contributed by atoms with E-state index in [4.69, 9.17) is 9.94 Å². The third-order valence-electron chi connectivity index (χ3n) is 2.49. The summed E-state index contributed by atoms with van der Waals surface area (Å²) < 4.78 is 5.50. The van der Waals surface area contributed by atoms with Gasteiger partial charge in [-0.15, -0.1) is 0 Å². The van der Waals surface area contributed by atoms with Crippen molar-refractivity contribution in [2.75, 3.05) is 6.61 Å². The van der Waals surface area contributed by atoms with Crippen LogP contribution in [0.5, 0.6) is 5.75 Å². The van der Waals surface area contributed by atoms with Crippen LogP contribution in [0.3, 0.4) is 0 Å². The van der Waals surface area contributed by atoms with Crippen molar-refractivity contribution in [2.45, 2.75) is 33.7 Å². The summed E-state index contributed by atoms with van der Waals surface area (Å²) in [5.41, 5.74) is 2.12. The van der Waals surface area contributed by atoms with Gasteiger partial charge in [-0.3, -0.25) is 4.79 Å². The second kappa shape index (κ2) is 6.78. The minimum atomic E-state index is -0.180. The van der Waals surface area contributed by atoms with Crippen molar-refractivity contribution >= 4 is 11.6 Å². The Morgan fingerprint density at radius 1 is 1.47 bits per heavy atom. The van der Waals surface area contributed by atoms with E-state index in [1.165, 1.54) is 0 Å². The van der Waals surface area contributed by atoms with Crippen molar-refractivity contribution in [3.8, 4) is 5.75 Å². The second-order valence-corrected chi connectivity index (χ2v) is 4.70. The summed E-state index contributed by atoms with van der Waals surface area (Å²) in [6, 6.07) is 5.59. The van der Waals surface area contributed by atoms with Gasteiger partial charge in [0.2, 0.25) is 0 Å². The van der Waals surface area contributed by atoms with Gasteiger partial charge in [0.15, 0.2) is 6.61 Å². The predicted octanol–water partition coefficient (Wildman–Crippen LogP) is 2.10. The number of ether oxygens (including phenoxy) is 1. The number of hydrogen-bond donors (Lipinski definition) is 2. The van der Waals surface area contributed by atoms with Crippen molar-refractivity contribution in [2.24, 2.45) is 5.16 Å². The second-order valence-electron chi connectivity index (χ2n) is 4.70. The maximum atomic E-state index is 11.5. The molecule has 1 aromatic rings. The summed E-state index contributed by atoms with van der Waals surface area (Å²) in [5, 5.41) is 14.7. The molecule has 19 heavy (non-hydrogen) atoms. The molecule has 5 nitrogen and oxygen atoms in total. The molecular formula is C14H20N2O3. The number of nitrogens with one attached hydrogen (secondary N) is 1. The highest BCUT2D eigenvalue weighted by molar-refractivity contribution is 6.00.